The lowest BCUT2D eigenvalue weighted by molar-refractivity contribution is 0.476. The Morgan fingerprint density at radius 3 is 2.89 bits per heavy atom. The maximum atomic E-state index is 9.51. The minimum Gasteiger partial charge on any atom is -0.508 e. The van der Waals surface area contributed by atoms with Gasteiger partial charge in [-0.2, -0.15) is 10.1 Å². The minimum absolute atomic E-state index is 0.199. The highest BCUT2D eigenvalue weighted by Crippen LogP contribution is 2.29. The standard InChI is InChI=1S/C12H9N5O/c18-9-5-4-8-2-1-3-11(10(8)6-9)15-17-12-13-7-14-16-12/h1-7,18H,(H,13,14,16). The zero-order valence-corrected chi connectivity index (χ0v) is 9.28. The number of hydrogen-bond acceptors (Lipinski definition) is 5. The second kappa shape index (κ2) is 4.25. The lowest BCUT2D eigenvalue weighted by Crippen LogP contribution is -1.74. The highest BCUT2D eigenvalue weighted by atomic mass is 16.3. The van der Waals surface area contributed by atoms with E-state index in [0.29, 0.717) is 11.6 Å². The largest absolute Gasteiger partial charge is 0.508 e. The fraction of sp³-hybridized carbons (Fsp3) is 0. The van der Waals surface area contributed by atoms with E-state index in [0.717, 1.165) is 10.8 Å². The molecule has 0 radical (unpaired) electrons. The van der Waals surface area contributed by atoms with Crippen LogP contribution in [0.1, 0.15) is 0 Å². The topological polar surface area (TPSA) is 86.5 Å². The first-order chi connectivity index (χ1) is 8.83. The molecule has 0 amide bonds. The number of benzene rings is 2. The van der Waals surface area contributed by atoms with Crippen LogP contribution in [-0.2, 0) is 0 Å². The van der Waals surface area contributed by atoms with E-state index in [2.05, 4.69) is 25.4 Å². The Bertz CT molecular complexity index is 706. The zero-order valence-electron chi connectivity index (χ0n) is 9.28. The number of fused-ring (bicyclic) bond motifs is 1. The van der Waals surface area contributed by atoms with E-state index in [1.54, 1.807) is 12.1 Å². The summed E-state index contributed by atoms with van der Waals surface area (Å²) < 4.78 is 0. The third-order valence-electron chi connectivity index (χ3n) is 2.50. The van der Waals surface area contributed by atoms with Gasteiger partial charge in [-0.3, -0.25) is 0 Å². The van der Waals surface area contributed by atoms with Gasteiger partial charge in [-0.1, -0.05) is 18.2 Å². The lowest BCUT2D eigenvalue weighted by Gasteiger charge is -2.01. The molecule has 1 aromatic heterocycles. The number of aromatic hydroxyl groups is 1. The van der Waals surface area contributed by atoms with Crippen molar-refractivity contribution in [2.24, 2.45) is 10.2 Å². The molecule has 0 saturated heterocycles. The molecule has 0 fully saturated rings. The molecule has 0 aliphatic carbocycles. The molecule has 0 unspecified atom stereocenters. The Hall–Kier alpha value is -2.76. The summed E-state index contributed by atoms with van der Waals surface area (Å²) in [4.78, 5) is 3.85. The maximum Gasteiger partial charge on any atom is 0.264 e. The van der Waals surface area contributed by atoms with Crippen molar-refractivity contribution < 1.29 is 5.11 Å². The second-order valence-corrected chi connectivity index (χ2v) is 3.69. The number of phenols is 1. The first kappa shape index (κ1) is 10.4. The van der Waals surface area contributed by atoms with Crippen LogP contribution in [0.25, 0.3) is 10.8 Å². The van der Waals surface area contributed by atoms with Gasteiger partial charge in [-0.15, -0.1) is 10.2 Å². The summed E-state index contributed by atoms with van der Waals surface area (Å²) in [7, 11) is 0. The average Bonchev–Trinajstić information content (AvgIpc) is 2.89. The Labute approximate surface area is 102 Å². The van der Waals surface area contributed by atoms with E-state index in [9.17, 15) is 5.11 Å². The van der Waals surface area contributed by atoms with Gasteiger partial charge >= 0.3 is 0 Å². The SMILES string of the molecule is Oc1ccc2cccc(N=Nc3ncn[nH]3)c2c1. The quantitative estimate of drug-likeness (QED) is 0.673. The van der Waals surface area contributed by atoms with Gasteiger partial charge in [0.15, 0.2) is 0 Å². The van der Waals surface area contributed by atoms with Crippen molar-refractivity contribution >= 4 is 22.4 Å². The monoisotopic (exact) mass is 239 g/mol. The summed E-state index contributed by atoms with van der Waals surface area (Å²) in [6, 6.07) is 10.8. The van der Waals surface area contributed by atoms with Crippen LogP contribution in [0.3, 0.4) is 0 Å². The molecule has 6 heteroatoms. The van der Waals surface area contributed by atoms with Gasteiger partial charge in [0.05, 0.1) is 5.69 Å². The molecule has 6 nitrogen and oxygen atoms in total. The molecule has 3 rings (SSSR count). The molecule has 1 heterocycles. The van der Waals surface area contributed by atoms with Crippen molar-refractivity contribution in [3.8, 4) is 5.75 Å². The summed E-state index contributed by atoms with van der Waals surface area (Å²) in [5.74, 6) is 0.539. The summed E-state index contributed by atoms with van der Waals surface area (Å²) >= 11 is 0. The van der Waals surface area contributed by atoms with Crippen molar-refractivity contribution in [3.63, 3.8) is 0 Å². The third-order valence-corrected chi connectivity index (χ3v) is 2.50. The van der Waals surface area contributed by atoms with Gasteiger partial charge in [0, 0.05) is 5.39 Å². The first-order valence-electron chi connectivity index (χ1n) is 5.32. The zero-order chi connectivity index (χ0) is 12.4. The van der Waals surface area contributed by atoms with Gasteiger partial charge < -0.3 is 5.11 Å². The fourth-order valence-electron chi connectivity index (χ4n) is 1.68. The van der Waals surface area contributed by atoms with Crippen molar-refractivity contribution in [1.29, 1.82) is 0 Å². The molecule has 2 N–H and O–H groups in total. The van der Waals surface area contributed by atoms with Crippen LogP contribution < -0.4 is 0 Å². The normalized spacial score (nSPS) is 11.3. The smallest absolute Gasteiger partial charge is 0.264 e. The number of aromatic nitrogens is 3. The number of nitrogens with one attached hydrogen (secondary N) is 1. The van der Waals surface area contributed by atoms with E-state index in [4.69, 9.17) is 0 Å². The summed E-state index contributed by atoms with van der Waals surface area (Å²) in [6.45, 7) is 0. The molecule has 0 spiro atoms. The van der Waals surface area contributed by atoms with E-state index < -0.39 is 0 Å². The van der Waals surface area contributed by atoms with Crippen LogP contribution in [0, 0.1) is 0 Å². The van der Waals surface area contributed by atoms with Crippen molar-refractivity contribution in [2.75, 3.05) is 0 Å². The summed E-state index contributed by atoms with van der Waals surface area (Å²) in [5, 5.41) is 25.6. The molecule has 88 valence electrons. The Balaban J connectivity index is 2.09. The van der Waals surface area contributed by atoms with E-state index >= 15 is 0 Å². The van der Waals surface area contributed by atoms with Crippen molar-refractivity contribution in [2.45, 2.75) is 0 Å². The van der Waals surface area contributed by atoms with Crippen LogP contribution >= 0.6 is 0 Å². The minimum atomic E-state index is 0.199. The molecule has 0 bridgehead atoms. The van der Waals surface area contributed by atoms with Crippen LogP contribution in [0.15, 0.2) is 53.0 Å². The van der Waals surface area contributed by atoms with Crippen LogP contribution in [0.2, 0.25) is 0 Å². The molecular weight excluding hydrogens is 230 g/mol. The Morgan fingerprint density at radius 1 is 1.11 bits per heavy atom. The van der Waals surface area contributed by atoms with E-state index in [-0.39, 0.29) is 5.75 Å². The lowest BCUT2D eigenvalue weighted by atomic mass is 10.1. The fourth-order valence-corrected chi connectivity index (χ4v) is 1.68. The predicted octanol–water partition coefficient (Wildman–Crippen LogP) is 3.08. The first-order valence-corrected chi connectivity index (χ1v) is 5.32. The molecule has 0 aliphatic rings. The van der Waals surface area contributed by atoms with Gasteiger partial charge in [0.2, 0.25) is 0 Å². The Kier molecular flexibility index (Phi) is 2.45. The highest BCUT2D eigenvalue weighted by Gasteiger charge is 2.01. The van der Waals surface area contributed by atoms with Crippen LogP contribution in [0.4, 0.5) is 11.6 Å². The van der Waals surface area contributed by atoms with Crippen LogP contribution in [0.5, 0.6) is 5.75 Å². The number of aromatic amines is 1. The number of phenolic OH excluding ortho intramolecular Hbond substituents is 1. The van der Waals surface area contributed by atoms with E-state index in [1.165, 1.54) is 6.33 Å². The van der Waals surface area contributed by atoms with E-state index in [1.807, 2.05) is 24.3 Å². The molecule has 0 atom stereocenters. The van der Waals surface area contributed by atoms with Crippen molar-refractivity contribution in [3.05, 3.63) is 42.7 Å². The third kappa shape index (κ3) is 1.91. The highest BCUT2D eigenvalue weighted by molar-refractivity contribution is 5.93. The molecule has 0 aliphatic heterocycles. The number of nitrogens with zero attached hydrogens (tertiary/aromatic N) is 4. The molecule has 0 saturated carbocycles. The second-order valence-electron chi connectivity index (χ2n) is 3.69. The van der Waals surface area contributed by atoms with Crippen LogP contribution in [-0.4, -0.2) is 20.3 Å². The molecule has 2 aromatic carbocycles. The number of rotatable bonds is 2. The maximum absolute atomic E-state index is 9.51. The van der Waals surface area contributed by atoms with Gasteiger partial charge in [0.1, 0.15) is 12.1 Å². The van der Waals surface area contributed by atoms with Gasteiger partial charge in [-0.05, 0) is 23.6 Å². The van der Waals surface area contributed by atoms with Gasteiger partial charge in [-0.25, -0.2) is 5.10 Å². The Morgan fingerprint density at radius 2 is 2.06 bits per heavy atom. The number of azo groups is 1. The predicted molar refractivity (Wildman–Crippen MR) is 66.2 cm³/mol. The number of hydrogen-bond donors (Lipinski definition) is 2. The number of H-pyrrole nitrogens is 1. The summed E-state index contributed by atoms with van der Waals surface area (Å²) in [5.41, 5.74) is 0.666. The molecule has 3 aromatic rings. The molecule has 18 heavy (non-hydrogen) atoms. The molecular formula is C12H9N5O. The summed E-state index contributed by atoms with van der Waals surface area (Å²) in [6.07, 6.45) is 1.36. The van der Waals surface area contributed by atoms with Crippen molar-refractivity contribution in [1.82, 2.24) is 15.2 Å². The van der Waals surface area contributed by atoms with Gasteiger partial charge in [0.25, 0.3) is 5.95 Å². The average molecular weight is 239 g/mol.